The van der Waals surface area contributed by atoms with Crippen molar-refractivity contribution >= 4 is 5.69 Å². The molecule has 3 heteroatoms. The summed E-state index contributed by atoms with van der Waals surface area (Å²) in [6, 6.07) is 8.27. The number of benzene rings is 1. The van der Waals surface area contributed by atoms with Crippen molar-refractivity contribution in [3.05, 3.63) is 24.3 Å². The fraction of sp³-hybridized carbons (Fsp3) is 0.400. The third-order valence-electron chi connectivity index (χ3n) is 2.24. The van der Waals surface area contributed by atoms with E-state index in [0.29, 0.717) is 0 Å². The second-order valence-electron chi connectivity index (χ2n) is 3.17. The third kappa shape index (κ3) is 1.92. The number of nitrogens with one attached hydrogen (secondary N) is 1. The van der Waals surface area contributed by atoms with Crippen molar-refractivity contribution in [3.63, 3.8) is 0 Å². The van der Waals surface area contributed by atoms with Gasteiger partial charge in [0.25, 0.3) is 0 Å². The van der Waals surface area contributed by atoms with Crippen LogP contribution in [0.15, 0.2) is 18.2 Å². The van der Waals surface area contributed by atoms with Crippen LogP contribution in [0.4, 0.5) is 5.69 Å². The molecule has 0 spiro atoms. The molecule has 0 amide bonds. The molecular formula is C10H13N2O. The van der Waals surface area contributed by atoms with Gasteiger partial charge in [-0.25, -0.2) is 0 Å². The molecule has 1 aromatic rings. The first-order chi connectivity index (χ1) is 6.36. The molecule has 1 saturated heterocycles. The van der Waals surface area contributed by atoms with E-state index in [9.17, 15) is 0 Å². The van der Waals surface area contributed by atoms with Gasteiger partial charge in [-0.2, -0.15) is 0 Å². The van der Waals surface area contributed by atoms with Gasteiger partial charge in [0.1, 0.15) is 5.75 Å². The molecule has 1 radical (unpaired) electrons. The molecule has 0 bridgehead atoms. The molecule has 1 heterocycles. The molecule has 1 aliphatic rings. The van der Waals surface area contributed by atoms with Crippen LogP contribution in [0.3, 0.4) is 0 Å². The number of hydrogen-bond donors (Lipinski definition) is 2. The van der Waals surface area contributed by atoms with Crippen LogP contribution in [0.2, 0.25) is 0 Å². The van der Waals surface area contributed by atoms with Gasteiger partial charge in [0.2, 0.25) is 0 Å². The second kappa shape index (κ2) is 3.66. The van der Waals surface area contributed by atoms with Gasteiger partial charge in [-0.3, -0.25) is 0 Å². The first-order valence-electron chi connectivity index (χ1n) is 4.52. The molecule has 1 aromatic carbocycles. The fourth-order valence-electron chi connectivity index (χ4n) is 1.51. The Labute approximate surface area is 78.0 Å². The predicted molar refractivity (Wildman–Crippen MR) is 52.0 cm³/mol. The molecule has 69 valence electrons. The van der Waals surface area contributed by atoms with Crippen molar-refractivity contribution in [1.82, 2.24) is 5.32 Å². The Hall–Kier alpha value is -1.22. The van der Waals surface area contributed by atoms with Crippen LogP contribution in [0.5, 0.6) is 5.75 Å². The summed E-state index contributed by atoms with van der Waals surface area (Å²) in [7, 11) is 0. The van der Waals surface area contributed by atoms with E-state index in [0.717, 1.165) is 31.9 Å². The van der Waals surface area contributed by atoms with Crippen LogP contribution in [-0.4, -0.2) is 31.3 Å². The zero-order valence-electron chi connectivity index (χ0n) is 7.45. The topological polar surface area (TPSA) is 35.5 Å². The Kier molecular flexibility index (Phi) is 2.36. The first-order valence-corrected chi connectivity index (χ1v) is 4.52. The van der Waals surface area contributed by atoms with Crippen molar-refractivity contribution in [2.24, 2.45) is 0 Å². The first kappa shape index (κ1) is 8.38. The van der Waals surface area contributed by atoms with Gasteiger partial charge in [-0.15, -0.1) is 0 Å². The minimum atomic E-state index is 0.277. The number of piperazine rings is 1. The Morgan fingerprint density at radius 3 is 2.69 bits per heavy atom. The molecule has 13 heavy (non-hydrogen) atoms. The molecule has 2 rings (SSSR count). The highest BCUT2D eigenvalue weighted by Gasteiger charge is 2.09. The number of anilines is 1. The van der Waals surface area contributed by atoms with E-state index < -0.39 is 0 Å². The number of rotatable bonds is 1. The lowest BCUT2D eigenvalue weighted by atomic mass is 10.2. The summed E-state index contributed by atoms with van der Waals surface area (Å²) in [5.74, 6) is 0.277. The smallest absolute Gasteiger partial charge is 0.116 e. The fourth-order valence-corrected chi connectivity index (χ4v) is 1.51. The second-order valence-corrected chi connectivity index (χ2v) is 3.17. The molecule has 3 nitrogen and oxygen atoms in total. The highest BCUT2D eigenvalue weighted by molar-refractivity contribution is 5.47. The number of hydrogen-bond acceptors (Lipinski definition) is 3. The largest absolute Gasteiger partial charge is 0.508 e. The minimum Gasteiger partial charge on any atom is -0.508 e. The maximum absolute atomic E-state index is 9.09. The van der Waals surface area contributed by atoms with E-state index in [1.54, 1.807) is 12.1 Å². The minimum absolute atomic E-state index is 0.277. The quantitative estimate of drug-likeness (QED) is 0.659. The van der Waals surface area contributed by atoms with Gasteiger partial charge in [-0.05, 0) is 18.2 Å². The van der Waals surface area contributed by atoms with Crippen molar-refractivity contribution < 1.29 is 5.11 Å². The molecule has 0 aliphatic carbocycles. The van der Waals surface area contributed by atoms with Crippen molar-refractivity contribution in [3.8, 4) is 5.75 Å². The average molecular weight is 177 g/mol. The van der Waals surface area contributed by atoms with Crippen molar-refractivity contribution in [2.45, 2.75) is 0 Å². The Bertz CT molecular complexity index is 265. The molecule has 0 aromatic heterocycles. The molecule has 1 fully saturated rings. The molecule has 0 unspecified atom stereocenters. The molecular weight excluding hydrogens is 164 g/mol. The lowest BCUT2D eigenvalue weighted by molar-refractivity contribution is 0.475. The van der Waals surface area contributed by atoms with Crippen LogP contribution in [0.25, 0.3) is 0 Å². The zero-order valence-corrected chi connectivity index (χ0v) is 7.45. The van der Waals surface area contributed by atoms with Crippen LogP contribution < -0.4 is 10.2 Å². The van der Waals surface area contributed by atoms with Gasteiger partial charge in [0, 0.05) is 37.9 Å². The van der Waals surface area contributed by atoms with Crippen molar-refractivity contribution in [1.29, 1.82) is 0 Å². The molecule has 1 aliphatic heterocycles. The van der Waals surface area contributed by atoms with E-state index in [4.69, 9.17) is 5.11 Å². The molecule has 2 N–H and O–H groups in total. The normalized spacial score (nSPS) is 17.4. The number of phenols is 1. The van der Waals surface area contributed by atoms with Crippen LogP contribution >= 0.6 is 0 Å². The summed E-state index contributed by atoms with van der Waals surface area (Å²) >= 11 is 0. The van der Waals surface area contributed by atoms with Gasteiger partial charge in [-0.1, -0.05) is 0 Å². The lowest BCUT2D eigenvalue weighted by Gasteiger charge is -2.29. The monoisotopic (exact) mass is 177 g/mol. The van der Waals surface area contributed by atoms with E-state index in [-0.39, 0.29) is 5.75 Å². The van der Waals surface area contributed by atoms with Gasteiger partial charge >= 0.3 is 0 Å². The van der Waals surface area contributed by atoms with Crippen molar-refractivity contribution in [2.75, 3.05) is 31.1 Å². The van der Waals surface area contributed by atoms with Crippen LogP contribution in [0.1, 0.15) is 0 Å². The van der Waals surface area contributed by atoms with Crippen LogP contribution in [0, 0.1) is 6.07 Å². The Morgan fingerprint density at radius 2 is 2.08 bits per heavy atom. The Morgan fingerprint density at radius 1 is 1.31 bits per heavy atom. The standard InChI is InChI=1S/C10H13N2O/c13-10-3-1-9(2-4-10)12-7-5-11-6-8-12/h1,3-4,11,13H,5-8H2. The highest BCUT2D eigenvalue weighted by Crippen LogP contribution is 2.17. The SMILES string of the molecule is Oc1c[c]c(N2CCNCC2)cc1. The number of aromatic hydroxyl groups is 1. The lowest BCUT2D eigenvalue weighted by Crippen LogP contribution is -2.43. The summed E-state index contributed by atoms with van der Waals surface area (Å²) in [5.41, 5.74) is 1.07. The zero-order chi connectivity index (χ0) is 9.10. The van der Waals surface area contributed by atoms with E-state index in [1.807, 2.05) is 6.07 Å². The summed E-state index contributed by atoms with van der Waals surface area (Å²) in [4.78, 5) is 2.26. The Balaban J connectivity index is 2.10. The van der Waals surface area contributed by atoms with E-state index in [1.165, 1.54) is 0 Å². The number of phenolic OH excluding ortho intramolecular Hbond substituents is 1. The molecule has 0 atom stereocenters. The summed E-state index contributed by atoms with van der Waals surface area (Å²) < 4.78 is 0. The molecule has 0 saturated carbocycles. The van der Waals surface area contributed by atoms with Gasteiger partial charge in [0.05, 0.1) is 0 Å². The van der Waals surface area contributed by atoms with Gasteiger partial charge in [0.15, 0.2) is 0 Å². The van der Waals surface area contributed by atoms with E-state index in [2.05, 4.69) is 16.3 Å². The summed E-state index contributed by atoms with van der Waals surface area (Å²) in [6.07, 6.45) is 0. The highest BCUT2D eigenvalue weighted by atomic mass is 16.3. The third-order valence-corrected chi connectivity index (χ3v) is 2.24. The van der Waals surface area contributed by atoms with Crippen LogP contribution in [-0.2, 0) is 0 Å². The van der Waals surface area contributed by atoms with Gasteiger partial charge < -0.3 is 15.3 Å². The maximum Gasteiger partial charge on any atom is 0.116 e. The summed E-state index contributed by atoms with van der Waals surface area (Å²) in [5, 5.41) is 12.4. The number of nitrogens with zero attached hydrogens (tertiary/aromatic N) is 1. The summed E-state index contributed by atoms with van der Waals surface area (Å²) in [6.45, 7) is 4.08. The maximum atomic E-state index is 9.09. The average Bonchev–Trinajstić information content (AvgIpc) is 2.20. The van der Waals surface area contributed by atoms with E-state index >= 15 is 0 Å². The predicted octanol–water partition coefficient (Wildman–Crippen LogP) is 0.602.